The molecule has 0 aliphatic rings. The lowest BCUT2D eigenvalue weighted by atomic mass is 10.2. The maximum Gasteiger partial charge on any atom is 0.356 e. The maximum absolute atomic E-state index is 11.0. The second-order valence-corrected chi connectivity index (χ2v) is 3.54. The second kappa shape index (κ2) is 5.13. The molecule has 0 saturated carbocycles. The number of carbonyl (C=O) groups is 2. The number of nitrogens with two attached hydrogens (primary N) is 1. The monoisotopic (exact) mass is 259 g/mol. The fraction of sp³-hybridized carbons (Fsp3) is 0. The lowest BCUT2D eigenvalue weighted by molar-refractivity contribution is 0.0688. The van der Waals surface area contributed by atoms with Crippen LogP contribution in [0.1, 0.15) is 20.8 Å². The van der Waals surface area contributed by atoms with E-state index < -0.39 is 11.9 Å². The van der Waals surface area contributed by atoms with Crippen molar-refractivity contribution in [3.63, 3.8) is 0 Å². The summed E-state index contributed by atoms with van der Waals surface area (Å²) in [5, 5.41) is 8.77. The summed E-state index contributed by atoms with van der Waals surface area (Å²) in [6.45, 7) is 0. The van der Waals surface area contributed by atoms with Crippen molar-refractivity contribution in [3.05, 3.63) is 47.9 Å². The van der Waals surface area contributed by atoms with Crippen molar-refractivity contribution in [2.24, 2.45) is 5.73 Å². The Bertz CT molecular complexity index is 587. The number of rotatable bonds is 4. The van der Waals surface area contributed by atoms with Crippen molar-refractivity contribution in [1.82, 2.24) is 9.97 Å². The summed E-state index contributed by atoms with van der Waals surface area (Å²) < 4.78 is 5.32. The van der Waals surface area contributed by atoms with Crippen molar-refractivity contribution in [3.8, 4) is 11.6 Å². The van der Waals surface area contributed by atoms with E-state index in [4.69, 9.17) is 15.6 Å². The third-order valence-corrected chi connectivity index (χ3v) is 2.17. The van der Waals surface area contributed by atoms with Crippen LogP contribution in [0.3, 0.4) is 0 Å². The molecule has 96 valence electrons. The average molecular weight is 259 g/mol. The van der Waals surface area contributed by atoms with Crippen LogP contribution >= 0.6 is 0 Å². The summed E-state index contributed by atoms with van der Waals surface area (Å²) in [5.74, 6) is -1.46. The average Bonchev–Trinajstić information content (AvgIpc) is 2.39. The molecule has 0 radical (unpaired) electrons. The predicted octanol–water partition coefficient (Wildman–Crippen LogP) is 1.07. The Labute approximate surface area is 107 Å². The summed E-state index contributed by atoms with van der Waals surface area (Å²) in [6.07, 6.45) is 2.37. The number of nitrogens with zero attached hydrogens (tertiary/aromatic N) is 2. The Morgan fingerprint density at radius 3 is 2.74 bits per heavy atom. The number of hydrogen-bond donors (Lipinski definition) is 2. The van der Waals surface area contributed by atoms with E-state index in [1.54, 1.807) is 12.1 Å². The topological polar surface area (TPSA) is 115 Å². The summed E-state index contributed by atoms with van der Waals surface area (Å²) in [7, 11) is 0. The molecule has 0 bridgehead atoms. The molecule has 0 atom stereocenters. The Morgan fingerprint density at radius 1 is 1.26 bits per heavy atom. The van der Waals surface area contributed by atoms with Gasteiger partial charge >= 0.3 is 5.97 Å². The lowest BCUT2D eigenvalue weighted by Gasteiger charge is -2.05. The van der Waals surface area contributed by atoms with Gasteiger partial charge in [0.05, 0.1) is 12.4 Å². The van der Waals surface area contributed by atoms with E-state index in [1.807, 2.05) is 0 Å². The van der Waals surface area contributed by atoms with E-state index in [0.29, 0.717) is 5.75 Å². The first-order valence-corrected chi connectivity index (χ1v) is 5.19. The molecule has 1 amide bonds. The number of ether oxygens (including phenoxy) is 1. The summed E-state index contributed by atoms with van der Waals surface area (Å²) >= 11 is 0. The van der Waals surface area contributed by atoms with Gasteiger partial charge in [-0.2, -0.15) is 0 Å². The van der Waals surface area contributed by atoms with Crippen LogP contribution in [-0.4, -0.2) is 27.0 Å². The minimum atomic E-state index is -1.20. The van der Waals surface area contributed by atoms with Crippen molar-refractivity contribution in [1.29, 1.82) is 0 Å². The van der Waals surface area contributed by atoms with E-state index in [2.05, 4.69) is 9.97 Å². The zero-order valence-electron chi connectivity index (χ0n) is 9.61. The van der Waals surface area contributed by atoms with E-state index in [1.165, 1.54) is 18.3 Å². The molecule has 0 spiro atoms. The van der Waals surface area contributed by atoms with E-state index in [0.717, 1.165) is 6.20 Å². The Morgan fingerprint density at radius 2 is 2.05 bits per heavy atom. The van der Waals surface area contributed by atoms with Gasteiger partial charge in [-0.3, -0.25) is 9.78 Å². The number of benzene rings is 1. The maximum atomic E-state index is 11.0. The number of hydrogen-bond acceptors (Lipinski definition) is 5. The normalized spacial score (nSPS) is 9.89. The van der Waals surface area contributed by atoms with Gasteiger partial charge in [0.1, 0.15) is 5.75 Å². The highest BCUT2D eigenvalue weighted by molar-refractivity contribution is 5.93. The van der Waals surface area contributed by atoms with Crippen molar-refractivity contribution < 1.29 is 19.4 Å². The van der Waals surface area contributed by atoms with Crippen LogP contribution in [0.4, 0.5) is 0 Å². The van der Waals surface area contributed by atoms with Crippen LogP contribution in [0, 0.1) is 0 Å². The second-order valence-electron chi connectivity index (χ2n) is 3.54. The number of aromatic carboxylic acids is 1. The van der Waals surface area contributed by atoms with Crippen LogP contribution in [0.25, 0.3) is 0 Å². The smallest absolute Gasteiger partial charge is 0.356 e. The van der Waals surface area contributed by atoms with E-state index in [-0.39, 0.29) is 17.1 Å². The first kappa shape index (κ1) is 12.5. The molecule has 7 nitrogen and oxygen atoms in total. The molecule has 0 aliphatic carbocycles. The van der Waals surface area contributed by atoms with Gasteiger partial charge in [-0.1, -0.05) is 6.07 Å². The molecular weight excluding hydrogens is 250 g/mol. The Balaban J connectivity index is 2.26. The van der Waals surface area contributed by atoms with Gasteiger partial charge in [-0.05, 0) is 18.2 Å². The number of primary amides is 1. The van der Waals surface area contributed by atoms with Crippen LogP contribution in [0.5, 0.6) is 11.6 Å². The number of carbonyl (C=O) groups excluding carboxylic acids is 1. The van der Waals surface area contributed by atoms with Crippen molar-refractivity contribution >= 4 is 11.9 Å². The Kier molecular flexibility index (Phi) is 3.37. The molecular formula is C12H9N3O4. The minimum absolute atomic E-state index is 0.0153. The van der Waals surface area contributed by atoms with Gasteiger partial charge in [0.2, 0.25) is 11.8 Å². The molecule has 0 saturated heterocycles. The van der Waals surface area contributed by atoms with Crippen LogP contribution in [-0.2, 0) is 0 Å². The molecule has 2 aromatic rings. The molecule has 1 aromatic carbocycles. The van der Waals surface area contributed by atoms with E-state index >= 15 is 0 Å². The van der Waals surface area contributed by atoms with E-state index in [9.17, 15) is 9.59 Å². The molecule has 19 heavy (non-hydrogen) atoms. The van der Waals surface area contributed by atoms with Gasteiger partial charge in [-0.25, -0.2) is 9.78 Å². The molecule has 2 rings (SSSR count). The fourth-order valence-electron chi connectivity index (χ4n) is 1.33. The first-order valence-electron chi connectivity index (χ1n) is 5.19. The van der Waals surface area contributed by atoms with Crippen LogP contribution < -0.4 is 10.5 Å². The number of carboxylic acid groups (broad SMARTS) is 1. The quantitative estimate of drug-likeness (QED) is 0.848. The molecule has 7 heteroatoms. The Hall–Kier alpha value is -2.96. The minimum Gasteiger partial charge on any atom is -0.476 e. The fourth-order valence-corrected chi connectivity index (χ4v) is 1.33. The molecule has 0 unspecified atom stereocenters. The summed E-state index contributed by atoms with van der Waals surface area (Å²) in [4.78, 5) is 29.2. The molecule has 0 fully saturated rings. The zero-order valence-corrected chi connectivity index (χ0v) is 9.61. The first-order chi connectivity index (χ1) is 9.06. The third-order valence-electron chi connectivity index (χ3n) is 2.17. The largest absolute Gasteiger partial charge is 0.476 e. The molecule has 1 heterocycles. The summed E-state index contributed by atoms with van der Waals surface area (Å²) in [5.41, 5.74) is 5.18. The number of amides is 1. The highest BCUT2D eigenvalue weighted by Gasteiger charge is 2.08. The number of aromatic nitrogens is 2. The summed E-state index contributed by atoms with van der Waals surface area (Å²) in [6, 6.07) is 6.14. The predicted molar refractivity (Wildman–Crippen MR) is 64.0 cm³/mol. The van der Waals surface area contributed by atoms with Crippen LogP contribution in [0.15, 0.2) is 36.7 Å². The molecule has 3 N–H and O–H groups in total. The van der Waals surface area contributed by atoms with Gasteiger partial charge in [0.25, 0.3) is 0 Å². The standard InChI is InChI=1S/C12H9N3O4/c13-11(16)7-2-1-3-8(4-7)19-10-6-14-5-9(15-10)12(17)18/h1-6H,(H2,13,16)(H,17,18). The highest BCUT2D eigenvalue weighted by Crippen LogP contribution is 2.19. The van der Waals surface area contributed by atoms with Crippen molar-refractivity contribution in [2.75, 3.05) is 0 Å². The SMILES string of the molecule is NC(=O)c1cccc(Oc2cncc(C(=O)O)n2)c1. The highest BCUT2D eigenvalue weighted by atomic mass is 16.5. The van der Waals surface area contributed by atoms with Crippen LogP contribution in [0.2, 0.25) is 0 Å². The number of carboxylic acids is 1. The molecule has 0 aliphatic heterocycles. The third kappa shape index (κ3) is 3.03. The van der Waals surface area contributed by atoms with Crippen molar-refractivity contribution in [2.45, 2.75) is 0 Å². The van der Waals surface area contributed by atoms with Gasteiger partial charge in [-0.15, -0.1) is 0 Å². The molecule has 1 aromatic heterocycles. The zero-order chi connectivity index (χ0) is 13.8. The van der Waals surface area contributed by atoms with Gasteiger partial charge in [0, 0.05) is 5.56 Å². The van der Waals surface area contributed by atoms with Gasteiger partial charge < -0.3 is 15.6 Å². The lowest BCUT2D eigenvalue weighted by Crippen LogP contribution is -2.10. The van der Waals surface area contributed by atoms with Gasteiger partial charge in [0.15, 0.2) is 5.69 Å².